The summed E-state index contributed by atoms with van der Waals surface area (Å²) in [6.45, 7) is 5.00. The number of methoxy groups -OCH3 is 1. The lowest BCUT2D eigenvalue weighted by Gasteiger charge is -2.20. The second kappa shape index (κ2) is 8.40. The van der Waals surface area contributed by atoms with Crippen molar-refractivity contribution >= 4 is 17.5 Å². The van der Waals surface area contributed by atoms with E-state index < -0.39 is 0 Å². The Hall–Kier alpha value is -2.99. The van der Waals surface area contributed by atoms with Gasteiger partial charge in [-0.2, -0.15) is 0 Å². The molecule has 0 radical (unpaired) electrons. The van der Waals surface area contributed by atoms with Gasteiger partial charge in [-0.1, -0.05) is 28.9 Å². The summed E-state index contributed by atoms with van der Waals surface area (Å²) >= 11 is 6.17. The first-order valence-corrected chi connectivity index (χ1v) is 10.1. The number of aromatic nitrogens is 1. The molecule has 4 rings (SSSR count). The van der Waals surface area contributed by atoms with Gasteiger partial charge in [0, 0.05) is 22.7 Å². The summed E-state index contributed by atoms with van der Waals surface area (Å²) in [7, 11) is 1.62. The van der Waals surface area contributed by atoms with E-state index in [0.717, 1.165) is 27.9 Å². The van der Waals surface area contributed by atoms with Crippen molar-refractivity contribution in [1.29, 1.82) is 0 Å². The highest BCUT2D eigenvalue weighted by Gasteiger charge is 2.25. The Labute approximate surface area is 180 Å². The molecule has 3 aromatic rings. The molecule has 6 nitrogen and oxygen atoms in total. The minimum atomic E-state index is 0.00738. The Morgan fingerprint density at radius 3 is 2.77 bits per heavy atom. The van der Waals surface area contributed by atoms with Crippen molar-refractivity contribution in [3.63, 3.8) is 0 Å². The van der Waals surface area contributed by atoms with E-state index in [1.54, 1.807) is 12.0 Å². The molecule has 30 heavy (non-hydrogen) atoms. The molecule has 1 aliphatic rings. The van der Waals surface area contributed by atoms with Gasteiger partial charge in [0.25, 0.3) is 0 Å². The van der Waals surface area contributed by atoms with Gasteiger partial charge in [-0.05, 0) is 49.2 Å². The first-order valence-electron chi connectivity index (χ1n) is 9.75. The van der Waals surface area contributed by atoms with Gasteiger partial charge in [0.15, 0.2) is 11.5 Å². The highest BCUT2D eigenvalue weighted by atomic mass is 35.5. The quantitative estimate of drug-likeness (QED) is 0.610. The van der Waals surface area contributed by atoms with Gasteiger partial charge < -0.3 is 18.9 Å². The first kappa shape index (κ1) is 20.3. The van der Waals surface area contributed by atoms with Crippen molar-refractivity contribution in [2.75, 3.05) is 20.3 Å². The van der Waals surface area contributed by atoms with Crippen LogP contribution in [0.2, 0.25) is 5.02 Å². The van der Waals surface area contributed by atoms with Crippen LogP contribution in [0.25, 0.3) is 11.1 Å². The van der Waals surface area contributed by atoms with Gasteiger partial charge in [0.1, 0.15) is 12.4 Å². The number of rotatable bonds is 4. The third-order valence-electron chi connectivity index (χ3n) is 5.34. The summed E-state index contributed by atoms with van der Waals surface area (Å²) in [5, 5.41) is 4.61. The van der Waals surface area contributed by atoms with Gasteiger partial charge in [0.2, 0.25) is 5.91 Å². The zero-order valence-corrected chi connectivity index (χ0v) is 18.0. The van der Waals surface area contributed by atoms with Crippen molar-refractivity contribution in [2.24, 2.45) is 0 Å². The van der Waals surface area contributed by atoms with Crippen LogP contribution < -0.4 is 9.47 Å². The maximum absolute atomic E-state index is 13.0. The molecule has 0 fully saturated rings. The number of carbonyl (C=O) groups is 1. The van der Waals surface area contributed by atoms with E-state index in [0.29, 0.717) is 42.0 Å². The first-order chi connectivity index (χ1) is 14.5. The number of hydrogen-bond donors (Lipinski definition) is 0. The van der Waals surface area contributed by atoms with E-state index >= 15 is 0 Å². The van der Waals surface area contributed by atoms with E-state index in [-0.39, 0.29) is 12.3 Å². The zero-order chi connectivity index (χ0) is 21.3. The molecule has 1 aliphatic heterocycles. The van der Waals surface area contributed by atoms with Crippen LogP contribution in [-0.2, 0) is 17.8 Å². The summed E-state index contributed by atoms with van der Waals surface area (Å²) in [6.07, 6.45) is 0.252. The second-order valence-corrected chi connectivity index (χ2v) is 7.76. The number of ether oxygens (including phenoxy) is 2. The number of amides is 1. The molecule has 7 heteroatoms. The van der Waals surface area contributed by atoms with Crippen LogP contribution in [0.5, 0.6) is 11.5 Å². The van der Waals surface area contributed by atoms with Crippen LogP contribution in [0.15, 0.2) is 40.9 Å². The third-order valence-corrected chi connectivity index (χ3v) is 5.58. The Balaban J connectivity index is 1.66. The number of halogens is 1. The predicted octanol–water partition coefficient (Wildman–Crippen LogP) is 4.58. The lowest BCUT2D eigenvalue weighted by Crippen LogP contribution is -2.33. The molecule has 0 saturated carbocycles. The normalized spacial score (nSPS) is 13.4. The molecule has 0 bridgehead atoms. The van der Waals surface area contributed by atoms with Gasteiger partial charge in [0.05, 0.1) is 25.8 Å². The summed E-state index contributed by atoms with van der Waals surface area (Å²) in [4.78, 5) is 14.8. The number of carbonyl (C=O) groups excluding carboxylic acids is 1. The molecular weight excluding hydrogens is 404 g/mol. The zero-order valence-electron chi connectivity index (χ0n) is 17.2. The molecule has 0 unspecified atom stereocenters. The predicted molar refractivity (Wildman–Crippen MR) is 114 cm³/mol. The Morgan fingerprint density at radius 2 is 2.07 bits per heavy atom. The van der Waals surface area contributed by atoms with Crippen LogP contribution in [-0.4, -0.2) is 36.2 Å². The summed E-state index contributed by atoms with van der Waals surface area (Å²) in [5.74, 6) is 2.00. The average Bonchev–Trinajstić information content (AvgIpc) is 2.93. The number of aryl methyl sites for hydroxylation is 2. The molecule has 1 aromatic heterocycles. The standard InChI is InChI=1S/C23H23ClN2O4/c1-14-20(15(2)30-25-14)12-22(27)26-7-8-29-23-18(13-26)9-17(11-21(23)28-3)16-5-4-6-19(24)10-16/h4-6,9-11H,7-8,12-13H2,1-3H3. The number of hydrogen-bond acceptors (Lipinski definition) is 5. The number of benzene rings is 2. The number of nitrogens with zero attached hydrogens (tertiary/aromatic N) is 2. The minimum absolute atomic E-state index is 0.00738. The SMILES string of the molecule is COc1cc(-c2cccc(Cl)c2)cc2c1OCCN(C(=O)Cc1c(C)noc1C)C2. The second-order valence-electron chi connectivity index (χ2n) is 7.32. The Bertz CT molecular complexity index is 1070. The smallest absolute Gasteiger partial charge is 0.227 e. The topological polar surface area (TPSA) is 64.8 Å². The maximum Gasteiger partial charge on any atom is 0.227 e. The van der Waals surface area contributed by atoms with E-state index in [4.69, 9.17) is 25.6 Å². The van der Waals surface area contributed by atoms with Crippen LogP contribution in [0.4, 0.5) is 0 Å². The van der Waals surface area contributed by atoms with Crippen molar-refractivity contribution in [1.82, 2.24) is 10.1 Å². The van der Waals surface area contributed by atoms with E-state index in [2.05, 4.69) is 5.16 Å². The lowest BCUT2D eigenvalue weighted by molar-refractivity contribution is -0.131. The summed E-state index contributed by atoms with van der Waals surface area (Å²) in [6, 6.07) is 11.6. The van der Waals surface area contributed by atoms with Gasteiger partial charge in [-0.3, -0.25) is 4.79 Å². The van der Waals surface area contributed by atoms with E-state index in [1.165, 1.54) is 0 Å². The molecule has 0 N–H and O–H groups in total. The molecule has 0 atom stereocenters. The van der Waals surface area contributed by atoms with Crippen LogP contribution in [0.1, 0.15) is 22.6 Å². The summed E-state index contributed by atoms with van der Waals surface area (Å²) in [5.41, 5.74) is 4.42. The fourth-order valence-electron chi connectivity index (χ4n) is 3.70. The highest BCUT2D eigenvalue weighted by molar-refractivity contribution is 6.30. The molecule has 156 valence electrons. The maximum atomic E-state index is 13.0. The molecule has 0 aliphatic carbocycles. The highest BCUT2D eigenvalue weighted by Crippen LogP contribution is 2.38. The fourth-order valence-corrected chi connectivity index (χ4v) is 3.89. The molecule has 0 saturated heterocycles. The summed E-state index contributed by atoms with van der Waals surface area (Å²) < 4.78 is 16.8. The molecule has 0 spiro atoms. The lowest BCUT2D eigenvalue weighted by atomic mass is 10.0. The van der Waals surface area contributed by atoms with E-state index in [9.17, 15) is 4.79 Å². The van der Waals surface area contributed by atoms with Gasteiger partial charge >= 0.3 is 0 Å². The minimum Gasteiger partial charge on any atom is -0.493 e. The van der Waals surface area contributed by atoms with Crippen LogP contribution >= 0.6 is 11.6 Å². The third kappa shape index (κ3) is 4.00. The Kier molecular flexibility index (Phi) is 5.68. The molecule has 1 amide bonds. The average molecular weight is 427 g/mol. The van der Waals surface area contributed by atoms with Crippen LogP contribution in [0, 0.1) is 13.8 Å². The fraction of sp³-hybridized carbons (Fsp3) is 0.304. The Morgan fingerprint density at radius 1 is 1.23 bits per heavy atom. The van der Waals surface area contributed by atoms with Crippen molar-refractivity contribution in [3.05, 3.63) is 64.0 Å². The van der Waals surface area contributed by atoms with Gasteiger partial charge in [-0.25, -0.2) is 0 Å². The van der Waals surface area contributed by atoms with Crippen molar-refractivity contribution < 1.29 is 18.8 Å². The number of fused-ring (bicyclic) bond motifs is 1. The molecule has 2 aromatic carbocycles. The van der Waals surface area contributed by atoms with Crippen molar-refractivity contribution in [2.45, 2.75) is 26.8 Å². The van der Waals surface area contributed by atoms with E-state index in [1.807, 2.05) is 50.2 Å². The molecule has 2 heterocycles. The molecular formula is C23H23ClN2O4. The van der Waals surface area contributed by atoms with Gasteiger partial charge in [-0.15, -0.1) is 0 Å². The monoisotopic (exact) mass is 426 g/mol. The van der Waals surface area contributed by atoms with Crippen LogP contribution in [0.3, 0.4) is 0 Å². The largest absolute Gasteiger partial charge is 0.493 e. The van der Waals surface area contributed by atoms with Crippen molar-refractivity contribution in [3.8, 4) is 22.6 Å².